The van der Waals surface area contributed by atoms with Crippen LogP contribution in [0, 0.1) is 5.92 Å². The van der Waals surface area contributed by atoms with E-state index in [9.17, 15) is 4.79 Å². The van der Waals surface area contributed by atoms with Crippen molar-refractivity contribution in [2.75, 3.05) is 19.0 Å². The molecule has 1 aliphatic carbocycles. The smallest absolute Gasteiger partial charge is 0.291 e. The highest BCUT2D eigenvalue weighted by atomic mass is 35.5. The van der Waals surface area contributed by atoms with Gasteiger partial charge >= 0.3 is 0 Å². The summed E-state index contributed by atoms with van der Waals surface area (Å²) in [7, 11) is 1.66. The predicted octanol–water partition coefficient (Wildman–Crippen LogP) is 2.53. The number of rotatable bonds is 7. The van der Waals surface area contributed by atoms with E-state index in [0.717, 1.165) is 6.42 Å². The Morgan fingerprint density at radius 3 is 2.95 bits per heavy atom. The summed E-state index contributed by atoms with van der Waals surface area (Å²) in [4.78, 5) is 12.4. The minimum absolute atomic E-state index is 0.125. The molecular formula is C14H22ClN3O2. The molecule has 1 saturated carbocycles. The van der Waals surface area contributed by atoms with Crippen LogP contribution in [-0.2, 0) is 11.3 Å². The maximum atomic E-state index is 12.4. The van der Waals surface area contributed by atoms with Crippen LogP contribution in [0.25, 0.3) is 0 Å². The van der Waals surface area contributed by atoms with E-state index in [4.69, 9.17) is 16.3 Å². The van der Waals surface area contributed by atoms with Gasteiger partial charge in [0, 0.05) is 26.3 Å². The highest BCUT2D eigenvalue weighted by molar-refractivity contribution is 6.33. The Bertz CT molecular complexity index is 500. The number of anilines is 1. The molecule has 1 fully saturated rings. The molecule has 0 spiro atoms. The molecule has 1 unspecified atom stereocenters. The number of methoxy groups -OCH3 is 1. The summed E-state index contributed by atoms with van der Waals surface area (Å²) in [6.45, 7) is 3.34. The third-order valence-electron chi connectivity index (χ3n) is 3.80. The van der Waals surface area contributed by atoms with Crippen molar-refractivity contribution in [3.63, 3.8) is 0 Å². The van der Waals surface area contributed by atoms with Crippen LogP contribution in [0.4, 0.5) is 5.69 Å². The van der Waals surface area contributed by atoms with E-state index < -0.39 is 0 Å². The van der Waals surface area contributed by atoms with Crippen molar-refractivity contribution in [3.8, 4) is 0 Å². The maximum absolute atomic E-state index is 12.4. The van der Waals surface area contributed by atoms with Crippen LogP contribution < -0.4 is 10.9 Å². The SMILES string of the molecule is COCCC(C)Nc1c(Cl)cnn(CC2CCC2)c1=O. The largest absolute Gasteiger partial charge is 0.385 e. The zero-order valence-corrected chi connectivity index (χ0v) is 12.8. The zero-order valence-electron chi connectivity index (χ0n) is 12.1. The Morgan fingerprint density at radius 1 is 1.60 bits per heavy atom. The first kappa shape index (κ1) is 15.3. The summed E-state index contributed by atoms with van der Waals surface area (Å²) in [5.41, 5.74) is 0.318. The highest BCUT2D eigenvalue weighted by Gasteiger charge is 2.20. The lowest BCUT2D eigenvalue weighted by Crippen LogP contribution is -2.32. The molecule has 0 aliphatic heterocycles. The minimum atomic E-state index is -0.131. The number of nitrogens with zero attached hydrogens (tertiary/aromatic N) is 2. The molecule has 1 N–H and O–H groups in total. The van der Waals surface area contributed by atoms with Crippen molar-refractivity contribution >= 4 is 17.3 Å². The molecule has 1 aliphatic rings. The van der Waals surface area contributed by atoms with Gasteiger partial charge in [-0.2, -0.15) is 5.10 Å². The van der Waals surface area contributed by atoms with Gasteiger partial charge in [0.25, 0.3) is 5.56 Å². The zero-order chi connectivity index (χ0) is 14.5. The molecular weight excluding hydrogens is 278 g/mol. The van der Waals surface area contributed by atoms with E-state index in [1.807, 2.05) is 6.92 Å². The van der Waals surface area contributed by atoms with Crippen LogP contribution in [0.1, 0.15) is 32.6 Å². The number of hydrogen-bond acceptors (Lipinski definition) is 4. The summed E-state index contributed by atoms with van der Waals surface area (Å²) in [5, 5.41) is 7.69. The van der Waals surface area contributed by atoms with Crippen LogP contribution in [0.15, 0.2) is 11.0 Å². The van der Waals surface area contributed by atoms with E-state index in [-0.39, 0.29) is 11.6 Å². The van der Waals surface area contributed by atoms with Gasteiger partial charge in [-0.05, 0) is 32.1 Å². The molecule has 0 saturated heterocycles. The fourth-order valence-electron chi connectivity index (χ4n) is 2.26. The second kappa shape index (κ2) is 7.09. The number of nitrogens with one attached hydrogen (secondary N) is 1. The molecule has 1 aromatic heterocycles. The minimum Gasteiger partial charge on any atom is -0.385 e. The molecule has 5 nitrogen and oxygen atoms in total. The first-order valence-corrected chi connectivity index (χ1v) is 7.50. The molecule has 112 valence electrons. The van der Waals surface area contributed by atoms with Gasteiger partial charge in [-0.1, -0.05) is 18.0 Å². The Morgan fingerprint density at radius 2 is 2.35 bits per heavy atom. The van der Waals surface area contributed by atoms with Gasteiger partial charge in [0.1, 0.15) is 5.69 Å². The van der Waals surface area contributed by atoms with Crippen LogP contribution in [0.3, 0.4) is 0 Å². The normalized spacial score (nSPS) is 16.8. The molecule has 1 atom stereocenters. The van der Waals surface area contributed by atoms with Gasteiger partial charge in [0.15, 0.2) is 0 Å². The van der Waals surface area contributed by atoms with Crippen LogP contribution in [0.2, 0.25) is 5.02 Å². The second-order valence-corrected chi connectivity index (χ2v) is 5.89. The van der Waals surface area contributed by atoms with Gasteiger partial charge < -0.3 is 10.1 Å². The summed E-state index contributed by atoms with van der Waals surface area (Å²) in [6, 6.07) is 0.125. The van der Waals surface area contributed by atoms with Gasteiger partial charge in [0.2, 0.25) is 0 Å². The van der Waals surface area contributed by atoms with Crippen molar-refractivity contribution in [3.05, 3.63) is 21.6 Å². The van der Waals surface area contributed by atoms with Crippen molar-refractivity contribution in [1.82, 2.24) is 9.78 Å². The van der Waals surface area contributed by atoms with Gasteiger partial charge in [-0.15, -0.1) is 0 Å². The summed E-state index contributed by atoms with van der Waals surface area (Å²) in [6.07, 6.45) is 5.99. The van der Waals surface area contributed by atoms with Crippen LogP contribution in [-0.4, -0.2) is 29.5 Å². The lowest BCUT2D eigenvalue weighted by atomic mass is 9.85. The quantitative estimate of drug-likeness (QED) is 0.840. The average molecular weight is 300 g/mol. The van der Waals surface area contributed by atoms with Crippen molar-refractivity contribution < 1.29 is 4.74 Å². The summed E-state index contributed by atoms with van der Waals surface area (Å²) < 4.78 is 6.57. The third-order valence-corrected chi connectivity index (χ3v) is 4.09. The summed E-state index contributed by atoms with van der Waals surface area (Å²) in [5.74, 6) is 0.583. The second-order valence-electron chi connectivity index (χ2n) is 5.48. The lowest BCUT2D eigenvalue weighted by Gasteiger charge is -2.25. The fourth-order valence-corrected chi connectivity index (χ4v) is 2.44. The van der Waals surface area contributed by atoms with Crippen LogP contribution in [0.5, 0.6) is 0 Å². The molecule has 0 amide bonds. The van der Waals surface area contributed by atoms with Gasteiger partial charge in [-0.3, -0.25) is 4.79 Å². The van der Waals surface area contributed by atoms with Gasteiger partial charge in [-0.25, -0.2) is 4.68 Å². The van der Waals surface area contributed by atoms with Crippen molar-refractivity contribution in [2.24, 2.45) is 5.92 Å². The fraction of sp³-hybridized carbons (Fsp3) is 0.714. The van der Waals surface area contributed by atoms with Crippen LogP contribution >= 0.6 is 11.6 Å². The van der Waals surface area contributed by atoms with E-state index in [1.54, 1.807) is 13.3 Å². The highest BCUT2D eigenvalue weighted by Crippen LogP contribution is 2.27. The number of aromatic nitrogens is 2. The van der Waals surface area contributed by atoms with E-state index in [0.29, 0.717) is 29.8 Å². The van der Waals surface area contributed by atoms with E-state index in [1.165, 1.54) is 23.9 Å². The molecule has 1 aromatic rings. The monoisotopic (exact) mass is 299 g/mol. The topological polar surface area (TPSA) is 56.1 Å². The van der Waals surface area contributed by atoms with E-state index in [2.05, 4.69) is 10.4 Å². The van der Waals surface area contributed by atoms with Crippen molar-refractivity contribution in [2.45, 2.75) is 45.2 Å². The summed E-state index contributed by atoms with van der Waals surface area (Å²) >= 11 is 6.09. The molecule has 0 bridgehead atoms. The molecule has 0 aromatic carbocycles. The molecule has 1 heterocycles. The number of ether oxygens (including phenoxy) is 1. The average Bonchev–Trinajstić information content (AvgIpc) is 2.38. The number of hydrogen-bond donors (Lipinski definition) is 1. The lowest BCUT2D eigenvalue weighted by molar-refractivity contribution is 0.191. The van der Waals surface area contributed by atoms with Gasteiger partial charge in [0.05, 0.1) is 11.2 Å². The third kappa shape index (κ3) is 3.73. The standard InChI is InChI=1S/C14H22ClN3O2/c1-10(6-7-20-2)17-13-12(15)8-16-18(14(13)19)9-11-4-3-5-11/h8,10-11,17H,3-7,9H2,1-2H3. The molecule has 0 radical (unpaired) electrons. The molecule has 2 rings (SSSR count). The van der Waals surface area contributed by atoms with E-state index >= 15 is 0 Å². The number of halogens is 1. The molecule has 6 heteroatoms. The molecule has 20 heavy (non-hydrogen) atoms. The Kier molecular flexibility index (Phi) is 5.43. The first-order chi connectivity index (χ1) is 9.61. The Hall–Kier alpha value is -1.07. The van der Waals surface area contributed by atoms with Crippen molar-refractivity contribution in [1.29, 1.82) is 0 Å². The Labute approximate surface area is 124 Å². The maximum Gasteiger partial charge on any atom is 0.291 e. The first-order valence-electron chi connectivity index (χ1n) is 7.13. The predicted molar refractivity (Wildman–Crippen MR) is 80.4 cm³/mol. The Balaban J connectivity index is 2.09.